The number of carbonyl (C=O) groups excluding carboxylic acids is 2. The summed E-state index contributed by atoms with van der Waals surface area (Å²) in [6, 6.07) is 21.2. The Kier molecular flexibility index (Phi) is 11.2. The van der Waals surface area contributed by atoms with E-state index < -0.39 is 28.5 Å². The molecule has 0 aliphatic heterocycles. The van der Waals surface area contributed by atoms with Crippen molar-refractivity contribution < 1.29 is 22.7 Å². The number of anilines is 1. The van der Waals surface area contributed by atoms with Crippen LogP contribution >= 0.6 is 15.9 Å². The standard InChI is InChI=1S/C30H36BrN3O5S/c1-5-39-28-14-10-9-13-27(28)34(40(37,38)26-11-7-6-8-12-26)21-29(35)33(20-24-15-17-25(31)18-16-24)23(4)30(36)32-19-22(2)3/h6-18,22-23H,5,19-21H2,1-4H3,(H,32,36)/t23-/m1/s1. The highest BCUT2D eigenvalue weighted by molar-refractivity contribution is 9.10. The third-order valence-electron chi connectivity index (χ3n) is 6.16. The van der Waals surface area contributed by atoms with Gasteiger partial charge in [0, 0.05) is 17.6 Å². The highest BCUT2D eigenvalue weighted by Crippen LogP contribution is 2.33. The van der Waals surface area contributed by atoms with Crippen LogP contribution in [-0.4, -0.2) is 50.9 Å². The third-order valence-corrected chi connectivity index (χ3v) is 8.46. The Hall–Kier alpha value is -3.37. The van der Waals surface area contributed by atoms with Crippen molar-refractivity contribution in [3.8, 4) is 5.75 Å². The zero-order chi connectivity index (χ0) is 29.3. The molecule has 3 aromatic carbocycles. The second-order valence-electron chi connectivity index (χ2n) is 9.69. The second-order valence-corrected chi connectivity index (χ2v) is 12.5. The van der Waals surface area contributed by atoms with E-state index in [1.807, 2.05) is 38.1 Å². The van der Waals surface area contributed by atoms with Gasteiger partial charge >= 0.3 is 0 Å². The first-order valence-electron chi connectivity index (χ1n) is 13.2. The molecule has 0 fully saturated rings. The Balaban J connectivity index is 2.04. The number of rotatable bonds is 13. The van der Waals surface area contributed by atoms with Crippen molar-refractivity contribution >= 4 is 43.5 Å². The molecule has 1 N–H and O–H groups in total. The van der Waals surface area contributed by atoms with Crippen molar-refractivity contribution in [2.75, 3.05) is 24.0 Å². The predicted molar refractivity (Wildman–Crippen MR) is 161 cm³/mol. The first-order chi connectivity index (χ1) is 19.0. The smallest absolute Gasteiger partial charge is 0.264 e. The molecule has 10 heteroatoms. The molecule has 3 aromatic rings. The van der Waals surface area contributed by atoms with Gasteiger partial charge in [-0.15, -0.1) is 0 Å². The number of para-hydroxylation sites is 2. The molecule has 0 bridgehead atoms. The van der Waals surface area contributed by atoms with Crippen LogP contribution < -0.4 is 14.4 Å². The SMILES string of the molecule is CCOc1ccccc1N(CC(=O)N(Cc1ccc(Br)cc1)[C@H](C)C(=O)NCC(C)C)S(=O)(=O)c1ccccc1. The number of hydrogen-bond acceptors (Lipinski definition) is 5. The molecule has 0 saturated heterocycles. The Bertz CT molecular complexity index is 1380. The van der Waals surface area contributed by atoms with E-state index in [1.54, 1.807) is 56.3 Å². The molecule has 3 rings (SSSR count). The summed E-state index contributed by atoms with van der Waals surface area (Å²) in [5.41, 5.74) is 1.04. The number of nitrogens with zero attached hydrogens (tertiary/aromatic N) is 2. The molecule has 1 atom stereocenters. The van der Waals surface area contributed by atoms with Crippen LogP contribution in [0, 0.1) is 5.92 Å². The third kappa shape index (κ3) is 8.08. The van der Waals surface area contributed by atoms with Crippen LogP contribution in [-0.2, 0) is 26.2 Å². The van der Waals surface area contributed by atoms with E-state index in [2.05, 4.69) is 21.2 Å². The lowest BCUT2D eigenvalue weighted by atomic mass is 10.1. The molecule has 0 aromatic heterocycles. The average molecular weight is 631 g/mol. The molecule has 0 aliphatic carbocycles. The maximum atomic E-state index is 14.0. The lowest BCUT2D eigenvalue weighted by molar-refractivity contribution is -0.139. The van der Waals surface area contributed by atoms with Gasteiger partial charge in [0.15, 0.2) is 0 Å². The largest absolute Gasteiger partial charge is 0.492 e. The van der Waals surface area contributed by atoms with Crippen molar-refractivity contribution in [3.63, 3.8) is 0 Å². The molecule has 40 heavy (non-hydrogen) atoms. The molecule has 214 valence electrons. The van der Waals surface area contributed by atoms with Gasteiger partial charge in [0.05, 0.1) is 17.2 Å². The molecule has 0 unspecified atom stereocenters. The molecule has 0 aliphatic rings. The highest BCUT2D eigenvalue weighted by atomic mass is 79.9. The topological polar surface area (TPSA) is 96.0 Å². The number of hydrogen-bond donors (Lipinski definition) is 1. The summed E-state index contributed by atoms with van der Waals surface area (Å²) < 4.78 is 35.6. The number of benzene rings is 3. The number of carbonyl (C=O) groups is 2. The van der Waals surface area contributed by atoms with Crippen LogP contribution in [0.1, 0.15) is 33.3 Å². The van der Waals surface area contributed by atoms with Crippen molar-refractivity contribution in [2.24, 2.45) is 5.92 Å². The summed E-state index contributed by atoms with van der Waals surface area (Å²) in [7, 11) is -4.17. The number of nitrogens with one attached hydrogen (secondary N) is 1. The van der Waals surface area contributed by atoms with Crippen LogP contribution in [0.25, 0.3) is 0 Å². The van der Waals surface area contributed by atoms with Crippen molar-refractivity contribution in [1.29, 1.82) is 0 Å². The van der Waals surface area contributed by atoms with Crippen LogP contribution in [0.4, 0.5) is 5.69 Å². The molecule has 0 spiro atoms. The fourth-order valence-corrected chi connectivity index (χ4v) is 5.71. The average Bonchev–Trinajstić information content (AvgIpc) is 2.94. The van der Waals surface area contributed by atoms with Crippen molar-refractivity contribution in [1.82, 2.24) is 10.2 Å². The number of sulfonamides is 1. The summed E-state index contributed by atoms with van der Waals surface area (Å²) in [6.07, 6.45) is 0. The fraction of sp³-hybridized carbons (Fsp3) is 0.333. The van der Waals surface area contributed by atoms with Crippen molar-refractivity contribution in [2.45, 2.75) is 45.2 Å². The lowest BCUT2D eigenvalue weighted by Gasteiger charge is -2.32. The lowest BCUT2D eigenvalue weighted by Crippen LogP contribution is -2.51. The van der Waals surface area contributed by atoms with E-state index in [-0.39, 0.29) is 29.0 Å². The Morgan fingerprint density at radius 2 is 1.55 bits per heavy atom. The van der Waals surface area contributed by atoms with Crippen molar-refractivity contribution in [3.05, 3.63) is 88.9 Å². The number of ether oxygens (including phenoxy) is 1. The Morgan fingerprint density at radius 1 is 0.925 bits per heavy atom. The zero-order valence-electron chi connectivity index (χ0n) is 23.2. The monoisotopic (exact) mass is 629 g/mol. The van der Waals surface area contributed by atoms with Gasteiger partial charge in [0.25, 0.3) is 10.0 Å². The summed E-state index contributed by atoms with van der Waals surface area (Å²) >= 11 is 3.42. The predicted octanol–water partition coefficient (Wildman–Crippen LogP) is 5.23. The maximum absolute atomic E-state index is 14.0. The molecule has 0 radical (unpaired) electrons. The summed E-state index contributed by atoms with van der Waals surface area (Å²) in [5.74, 6) is -0.278. The van der Waals surface area contributed by atoms with Crippen LogP contribution in [0.5, 0.6) is 5.75 Å². The van der Waals surface area contributed by atoms with Crippen LogP contribution in [0.15, 0.2) is 88.2 Å². The number of halogens is 1. The van der Waals surface area contributed by atoms with E-state index in [1.165, 1.54) is 17.0 Å². The van der Waals surface area contributed by atoms with Crippen LogP contribution in [0.2, 0.25) is 0 Å². The quantitative estimate of drug-likeness (QED) is 0.279. The summed E-state index contributed by atoms with van der Waals surface area (Å²) in [6.45, 7) is 7.78. The minimum atomic E-state index is -4.17. The first-order valence-corrected chi connectivity index (χ1v) is 15.4. The van der Waals surface area contributed by atoms with E-state index >= 15 is 0 Å². The first kappa shape index (κ1) is 31.2. The number of amides is 2. The van der Waals surface area contributed by atoms with Gasteiger partial charge in [-0.3, -0.25) is 13.9 Å². The van der Waals surface area contributed by atoms with Gasteiger partial charge in [-0.05, 0) is 61.7 Å². The van der Waals surface area contributed by atoms with Gasteiger partial charge < -0.3 is 15.0 Å². The molecular weight excluding hydrogens is 594 g/mol. The maximum Gasteiger partial charge on any atom is 0.264 e. The summed E-state index contributed by atoms with van der Waals surface area (Å²) in [4.78, 5) is 28.6. The minimum absolute atomic E-state index is 0.0382. The minimum Gasteiger partial charge on any atom is -0.492 e. The van der Waals surface area contributed by atoms with Crippen LogP contribution in [0.3, 0.4) is 0 Å². The van der Waals surface area contributed by atoms with E-state index in [4.69, 9.17) is 4.74 Å². The highest BCUT2D eigenvalue weighted by Gasteiger charge is 2.33. The molecule has 2 amide bonds. The second kappa shape index (κ2) is 14.3. The molecule has 0 saturated carbocycles. The van der Waals surface area contributed by atoms with E-state index in [0.29, 0.717) is 18.9 Å². The Morgan fingerprint density at radius 3 is 2.17 bits per heavy atom. The van der Waals surface area contributed by atoms with Gasteiger partial charge in [0.1, 0.15) is 18.3 Å². The Labute approximate surface area is 245 Å². The molecule has 8 nitrogen and oxygen atoms in total. The summed E-state index contributed by atoms with van der Waals surface area (Å²) in [5, 5.41) is 2.89. The molecular formula is C30H36BrN3O5S. The van der Waals surface area contributed by atoms with E-state index in [9.17, 15) is 18.0 Å². The zero-order valence-corrected chi connectivity index (χ0v) is 25.6. The van der Waals surface area contributed by atoms with Gasteiger partial charge in [-0.2, -0.15) is 0 Å². The van der Waals surface area contributed by atoms with Gasteiger partial charge in [0.2, 0.25) is 11.8 Å². The normalized spacial score (nSPS) is 12.1. The fourth-order valence-electron chi connectivity index (χ4n) is 4.00. The van der Waals surface area contributed by atoms with E-state index in [0.717, 1.165) is 14.3 Å². The molecule has 0 heterocycles. The van der Waals surface area contributed by atoms with Gasteiger partial charge in [-0.25, -0.2) is 8.42 Å². The van der Waals surface area contributed by atoms with Gasteiger partial charge in [-0.1, -0.05) is 72.2 Å².